The summed E-state index contributed by atoms with van der Waals surface area (Å²) in [6.07, 6.45) is 2.12. The first-order valence-electron chi connectivity index (χ1n) is 7.22. The zero-order chi connectivity index (χ0) is 13.7. The molecule has 0 aromatic rings. The summed E-state index contributed by atoms with van der Waals surface area (Å²) in [5.74, 6) is 0.624. The lowest BCUT2D eigenvalue weighted by atomic mass is 9.99. The van der Waals surface area contributed by atoms with Crippen LogP contribution >= 0.6 is 0 Å². The van der Waals surface area contributed by atoms with Crippen LogP contribution < -0.4 is 5.32 Å². The Morgan fingerprint density at radius 2 is 2.00 bits per heavy atom. The van der Waals surface area contributed by atoms with Gasteiger partial charge in [0.15, 0.2) is 0 Å². The summed E-state index contributed by atoms with van der Waals surface area (Å²) in [6.45, 7) is 11.8. The van der Waals surface area contributed by atoms with Crippen molar-refractivity contribution in [2.24, 2.45) is 5.92 Å². The maximum atomic E-state index is 12.5. The molecule has 0 aromatic carbocycles. The maximum Gasteiger partial charge on any atom is 0.241 e. The number of nitrogens with zero attached hydrogens (tertiary/aromatic N) is 1. The lowest BCUT2D eigenvalue weighted by Crippen LogP contribution is -2.45. The van der Waals surface area contributed by atoms with Gasteiger partial charge in [-0.3, -0.25) is 10.1 Å². The minimum atomic E-state index is -0.0240. The highest BCUT2D eigenvalue weighted by Crippen LogP contribution is 2.23. The summed E-state index contributed by atoms with van der Waals surface area (Å²) in [5, 5.41) is 3.47. The molecular formula is C14H28N2O2. The van der Waals surface area contributed by atoms with Gasteiger partial charge in [0, 0.05) is 6.61 Å². The Labute approximate surface area is 111 Å². The van der Waals surface area contributed by atoms with Gasteiger partial charge >= 0.3 is 0 Å². The fourth-order valence-corrected chi connectivity index (χ4v) is 2.52. The van der Waals surface area contributed by atoms with E-state index in [0.29, 0.717) is 19.1 Å². The van der Waals surface area contributed by atoms with E-state index in [9.17, 15) is 4.79 Å². The maximum absolute atomic E-state index is 12.5. The first-order valence-corrected chi connectivity index (χ1v) is 7.22. The Morgan fingerprint density at radius 3 is 2.50 bits per heavy atom. The average molecular weight is 256 g/mol. The monoisotopic (exact) mass is 256 g/mol. The minimum absolute atomic E-state index is 0.0240. The van der Waals surface area contributed by atoms with Gasteiger partial charge in [-0.2, -0.15) is 0 Å². The van der Waals surface area contributed by atoms with E-state index in [4.69, 9.17) is 4.74 Å². The fraction of sp³-hybridized carbons (Fsp3) is 0.929. The Bertz CT molecular complexity index is 271. The van der Waals surface area contributed by atoms with Crippen molar-refractivity contribution in [1.82, 2.24) is 10.2 Å². The average Bonchev–Trinajstić information content (AvgIpc) is 2.72. The van der Waals surface area contributed by atoms with Crippen molar-refractivity contribution in [3.8, 4) is 0 Å². The first-order chi connectivity index (χ1) is 8.56. The summed E-state index contributed by atoms with van der Waals surface area (Å²) in [4.78, 5) is 14.5. The van der Waals surface area contributed by atoms with Gasteiger partial charge in [0.05, 0.1) is 24.9 Å². The van der Waals surface area contributed by atoms with Crippen LogP contribution in [0.2, 0.25) is 0 Å². The van der Waals surface area contributed by atoms with Crippen LogP contribution in [0.3, 0.4) is 0 Å². The highest BCUT2D eigenvalue weighted by Gasteiger charge is 2.42. The number of nitrogens with one attached hydrogen (secondary N) is 1. The van der Waals surface area contributed by atoms with Crippen molar-refractivity contribution in [2.45, 2.75) is 65.7 Å². The molecule has 1 heterocycles. The molecule has 4 nitrogen and oxygen atoms in total. The second-order valence-corrected chi connectivity index (χ2v) is 5.21. The highest BCUT2D eigenvalue weighted by atomic mass is 16.5. The second kappa shape index (κ2) is 7.10. The largest absolute Gasteiger partial charge is 0.380 e. The van der Waals surface area contributed by atoms with Crippen LogP contribution in [0.4, 0.5) is 0 Å². The molecule has 0 bridgehead atoms. The smallest absolute Gasteiger partial charge is 0.241 e. The van der Waals surface area contributed by atoms with Crippen LogP contribution in [0, 0.1) is 5.92 Å². The molecular weight excluding hydrogens is 228 g/mol. The van der Waals surface area contributed by atoms with E-state index in [2.05, 4.69) is 33.0 Å². The molecule has 4 heteroatoms. The second-order valence-electron chi connectivity index (χ2n) is 5.21. The van der Waals surface area contributed by atoms with Gasteiger partial charge in [-0.05, 0) is 26.2 Å². The third kappa shape index (κ3) is 3.23. The van der Waals surface area contributed by atoms with Crippen LogP contribution in [0.1, 0.15) is 47.5 Å². The third-order valence-electron chi connectivity index (χ3n) is 3.87. The van der Waals surface area contributed by atoms with E-state index >= 15 is 0 Å². The predicted octanol–water partition coefficient (Wildman–Crippen LogP) is 1.99. The highest BCUT2D eigenvalue weighted by molar-refractivity contribution is 5.85. The normalized spacial score (nSPS) is 27.6. The van der Waals surface area contributed by atoms with Crippen molar-refractivity contribution in [2.75, 3.05) is 13.2 Å². The number of carbonyl (C=O) groups is 1. The van der Waals surface area contributed by atoms with E-state index < -0.39 is 0 Å². The van der Waals surface area contributed by atoms with Crippen molar-refractivity contribution in [1.29, 1.82) is 0 Å². The van der Waals surface area contributed by atoms with E-state index in [-0.39, 0.29) is 24.2 Å². The summed E-state index contributed by atoms with van der Waals surface area (Å²) in [7, 11) is 0. The first kappa shape index (κ1) is 15.4. The molecule has 1 amide bonds. The van der Waals surface area contributed by atoms with Crippen molar-refractivity contribution in [3.63, 3.8) is 0 Å². The van der Waals surface area contributed by atoms with Crippen molar-refractivity contribution < 1.29 is 9.53 Å². The lowest BCUT2D eigenvalue weighted by molar-refractivity contribution is -0.134. The van der Waals surface area contributed by atoms with E-state index in [1.165, 1.54) is 0 Å². The number of hydrogen-bond donors (Lipinski definition) is 1. The quantitative estimate of drug-likeness (QED) is 0.757. The molecule has 1 rings (SSSR count). The number of amides is 1. The molecule has 106 valence electrons. The molecule has 1 saturated heterocycles. The molecule has 0 radical (unpaired) electrons. The molecule has 1 fully saturated rings. The van der Waals surface area contributed by atoms with Crippen LogP contribution in [0.5, 0.6) is 0 Å². The zero-order valence-electron chi connectivity index (χ0n) is 12.4. The van der Waals surface area contributed by atoms with Crippen molar-refractivity contribution >= 4 is 5.91 Å². The molecule has 0 saturated carbocycles. The van der Waals surface area contributed by atoms with Gasteiger partial charge in [-0.15, -0.1) is 0 Å². The SMILES string of the molecule is CCOCC(C)N1C(=O)C(C(C)CC)NC1CC. The molecule has 4 atom stereocenters. The summed E-state index contributed by atoms with van der Waals surface area (Å²) < 4.78 is 5.45. The predicted molar refractivity (Wildman–Crippen MR) is 73.3 cm³/mol. The van der Waals surface area contributed by atoms with Crippen LogP contribution in [-0.4, -0.2) is 42.3 Å². The van der Waals surface area contributed by atoms with E-state index in [0.717, 1.165) is 12.8 Å². The topological polar surface area (TPSA) is 41.6 Å². The lowest BCUT2D eigenvalue weighted by Gasteiger charge is -2.29. The Kier molecular flexibility index (Phi) is 6.09. The number of rotatable bonds is 7. The molecule has 0 aromatic heterocycles. The Morgan fingerprint density at radius 1 is 1.33 bits per heavy atom. The Balaban J connectivity index is 2.73. The van der Waals surface area contributed by atoms with Gasteiger partial charge in [0.1, 0.15) is 0 Å². The zero-order valence-corrected chi connectivity index (χ0v) is 12.4. The molecule has 0 spiro atoms. The van der Waals surface area contributed by atoms with E-state index in [1.807, 2.05) is 11.8 Å². The van der Waals surface area contributed by atoms with Gasteiger partial charge in [-0.25, -0.2) is 0 Å². The summed E-state index contributed by atoms with van der Waals surface area (Å²) in [5.41, 5.74) is 0. The molecule has 0 aliphatic carbocycles. The standard InChI is InChI=1S/C14H28N2O2/c1-6-10(4)13-14(17)16(12(7-2)15-13)11(5)9-18-8-3/h10-13,15H,6-9H2,1-5H3. The molecule has 4 unspecified atom stereocenters. The van der Waals surface area contributed by atoms with Gasteiger partial charge in [0.2, 0.25) is 5.91 Å². The van der Waals surface area contributed by atoms with Crippen LogP contribution in [-0.2, 0) is 9.53 Å². The fourth-order valence-electron chi connectivity index (χ4n) is 2.52. The van der Waals surface area contributed by atoms with E-state index in [1.54, 1.807) is 0 Å². The minimum Gasteiger partial charge on any atom is -0.380 e. The van der Waals surface area contributed by atoms with Gasteiger partial charge in [0.25, 0.3) is 0 Å². The van der Waals surface area contributed by atoms with Crippen LogP contribution in [0.15, 0.2) is 0 Å². The number of hydrogen-bond acceptors (Lipinski definition) is 3. The number of ether oxygens (including phenoxy) is 1. The van der Waals surface area contributed by atoms with Crippen molar-refractivity contribution in [3.05, 3.63) is 0 Å². The molecule has 1 N–H and O–H groups in total. The van der Waals surface area contributed by atoms with Crippen LogP contribution in [0.25, 0.3) is 0 Å². The third-order valence-corrected chi connectivity index (χ3v) is 3.87. The Hall–Kier alpha value is -0.610. The molecule has 1 aliphatic heterocycles. The van der Waals surface area contributed by atoms with Gasteiger partial charge < -0.3 is 9.64 Å². The molecule has 18 heavy (non-hydrogen) atoms. The molecule has 1 aliphatic rings. The van der Waals surface area contributed by atoms with Gasteiger partial charge in [-0.1, -0.05) is 27.2 Å². The summed E-state index contributed by atoms with van der Waals surface area (Å²) >= 11 is 0. The number of carbonyl (C=O) groups excluding carboxylic acids is 1. The summed E-state index contributed by atoms with van der Waals surface area (Å²) in [6, 6.07) is 0.119.